The van der Waals surface area contributed by atoms with Crippen LogP contribution in [0.15, 0.2) is 6.07 Å². The Morgan fingerprint density at radius 3 is 2.38 bits per heavy atom. The lowest BCUT2D eigenvalue weighted by molar-refractivity contribution is 0.422. The molecule has 0 aliphatic carbocycles. The second kappa shape index (κ2) is 4.63. The fraction of sp³-hybridized carbons (Fsp3) is 0.455. The van der Waals surface area contributed by atoms with Crippen LogP contribution in [0, 0.1) is 17.5 Å². The highest BCUT2D eigenvalue weighted by molar-refractivity contribution is 6.31. The molecular formula is C11H11ClF3N. The van der Waals surface area contributed by atoms with Gasteiger partial charge in [0, 0.05) is 11.6 Å². The lowest BCUT2D eigenvalue weighted by atomic mass is 9.89. The van der Waals surface area contributed by atoms with E-state index in [1.54, 1.807) is 0 Å². The molecule has 2 rings (SSSR count). The summed E-state index contributed by atoms with van der Waals surface area (Å²) in [6, 6.07) is 0.656. The standard InChI is InChI=1S/C11H11ClF3N/c12-10-8(14)5-7(13)9(11(10)15)6-1-3-16-4-2-6/h5-6,16H,1-4H2. The van der Waals surface area contributed by atoms with Crippen molar-refractivity contribution >= 4 is 11.6 Å². The Morgan fingerprint density at radius 1 is 1.12 bits per heavy atom. The van der Waals surface area contributed by atoms with Crippen molar-refractivity contribution < 1.29 is 13.2 Å². The monoisotopic (exact) mass is 249 g/mol. The number of hydrogen-bond acceptors (Lipinski definition) is 1. The Kier molecular flexibility index (Phi) is 3.40. The first kappa shape index (κ1) is 11.7. The van der Waals surface area contributed by atoms with Crippen LogP contribution in [0.2, 0.25) is 5.02 Å². The summed E-state index contributed by atoms with van der Waals surface area (Å²) in [5.41, 5.74) is -0.0760. The third-order valence-electron chi connectivity index (χ3n) is 2.90. The summed E-state index contributed by atoms with van der Waals surface area (Å²) in [6.45, 7) is 1.41. The SMILES string of the molecule is Fc1cc(F)c(C2CCNCC2)c(F)c1Cl. The van der Waals surface area contributed by atoms with E-state index in [1.165, 1.54) is 0 Å². The Morgan fingerprint density at radius 2 is 1.75 bits per heavy atom. The zero-order valence-corrected chi connectivity index (χ0v) is 9.25. The molecular weight excluding hydrogens is 239 g/mol. The number of halogens is 4. The maximum absolute atomic E-state index is 13.7. The molecule has 1 N–H and O–H groups in total. The largest absolute Gasteiger partial charge is 0.317 e. The molecule has 0 spiro atoms. The number of piperidine rings is 1. The number of hydrogen-bond donors (Lipinski definition) is 1. The van der Waals surface area contributed by atoms with Gasteiger partial charge in [-0.15, -0.1) is 0 Å². The quantitative estimate of drug-likeness (QED) is 0.595. The second-order valence-corrected chi connectivity index (χ2v) is 4.28. The maximum atomic E-state index is 13.7. The van der Waals surface area contributed by atoms with Crippen LogP contribution in [-0.4, -0.2) is 13.1 Å². The fourth-order valence-corrected chi connectivity index (χ4v) is 2.22. The molecule has 1 aliphatic heterocycles. The van der Waals surface area contributed by atoms with E-state index in [0.29, 0.717) is 32.0 Å². The minimum Gasteiger partial charge on any atom is -0.317 e. The molecule has 1 fully saturated rings. The molecule has 0 saturated carbocycles. The van der Waals surface area contributed by atoms with Crippen LogP contribution in [0.25, 0.3) is 0 Å². The molecule has 88 valence electrons. The van der Waals surface area contributed by atoms with E-state index in [9.17, 15) is 13.2 Å². The first-order valence-electron chi connectivity index (χ1n) is 5.15. The molecule has 0 aromatic heterocycles. The molecule has 0 unspecified atom stereocenters. The number of nitrogens with one attached hydrogen (secondary N) is 1. The lowest BCUT2D eigenvalue weighted by Crippen LogP contribution is -2.27. The summed E-state index contributed by atoms with van der Waals surface area (Å²) in [6.07, 6.45) is 1.27. The maximum Gasteiger partial charge on any atom is 0.151 e. The Labute approximate surface area is 96.6 Å². The predicted molar refractivity (Wildman–Crippen MR) is 56.2 cm³/mol. The topological polar surface area (TPSA) is 12.0 Å². The smallest absolute Gasteiger partial charge is 0.151 e. The van der Waals surface area contributed by atoms with E-state index < -0.39 is 22.5 Å². The molecule has 0 radical (unpaired) electrons. The van der Waals surface area contributed by atoms with Gasteiger partial charge in [0.2, 0.25) is 0 Å². The van der Waals surface area contributed by atoms with Gasteiger partial charge in [0.25, 0.3) is 0 Å². The normalized spacial score (nSPS) is 17.8. The molecule has 0 bridgehead atoms. The highest BCUT2D eigenvalue weighted by Crippen LogP contribution is 2.34. The van der Waals surface area contributed by atoms with E-state index in [0.717, 1.165) is 0 Å². The van der Waals surface area contributed by atoms with Crippen molar-refractivity contribution in [2.75, 3.05) is 13.1 Å². The van der Waals surface area contributed by atoms with Crippen LogP contribution in [0.4, 0.5) is 13.2 Å². The fourth-order valence-electron chi connectivity index (χ4n) is 2.07. The average molecular weight is 250 g/mol. The van der Waals surface area contributed by atoms with Crippen LogP contribution in [0.3, 0.4) is 0 Å². The van der Waals surface area contributed by atoms with E-state index in [2.05, 4.69) is 5.32 Å². The van der Waals surface area contributed by atoms with Gasteiger partial charge in [0.15, 0.2) is 5.82 Å². The highest BCUT2D eigenvalue weighted by atomic mass is 35.5. The van der Waals surface area contributed by atoms with Crippen molar-refractivity contribution in [3.63, 3.8) is 0 Å². The Hall–Kier alpha value is -0.740. The summed E-state index contributed by atoms with van der Waals surface area (Å²) >= 11 is 5.44. The number of rotatable bonds is 1. The van der Waals surface area contributed by atoms with Gasteiger partial charge in [-0.25, -0.2) is 13.2 Å². The third-order valence-corrected chi connectivity index (χ3v) is 3.24. The van der Waals surface area contributed by atoms with Gasteiger partial charge in [-0.2, -0.15) is 0 Å². The van der Waals surface area contributed by atoms with Gasteiger partial charge in [-0.1, -0.05) is 11.6 Å². The molecule has 0 atom stereocenters. The minimum atomic E-state index is -1.05. The van der Waals surface area contributed by atoms with Crippen molar-refractivity contribution in [3.05, 3.63) is 34.1 Å². The van der Waals surface area contributed by atoms with Crippen LogP contribution < -0.4 is 5.32 Å². The zero-order valence-electron chi connectivity index (χ0n) is 8.49. The second-order valence-electron chi connectivity index (χ2n) is 3.91. The molecule has 1 nitrogen and oxygen atoms in total. The van der Waals surface area contributed by atoms with Crippen LogP contribution in [0.5, 0.6) is 0 Å². The van der Waals surface area contributed by atoms with Crippen LogP contribution in [0.1, 0.15) is 24.3 Å². The van der Waals surface area contributed by atoms with Gasteiger partial charge in [-0.05, 0) is 31.8 Å². The predicted octanol–water partition coefficient (Wildman–Crippen LogP) is 3.22. The Bertz CT molecular complexity index is 403. The molecule has 1 aromatic rings. The van der Waals surface area contributed by atoms with E-state index >= 15 is 0 Å². The molecule has 1 aromatic carbocycles. The first-order valence-corrected chi connectivity index (χ1v) is 5.52. The Balaban J connectivity index is 2.42. The van der Waals surface area contributed by atoms with Crippen LogP contribution >= 0.6 is 11.6 Å². The van der Waals surface area contributed by atoms with E-state index in [1.807, 2.05) is 0 Å². The third kappa shape index (κ3) is 2.04. The molecule has 0 amide bonds. The van der Waals surface area contributed by atoms with Gasteiger partial charge in [0.05, 0.1) is 0 Å². The van der Waals surface area contributed by atoms with Crippen LogP contribution in [-0.2, 0) is 0 Å². The molecule has 16 heavy (non-hydrogen) atoms. The van der Waals surface area contributed by atoms with Crippen molar-refractivity contribution in [2.45, 2.75) is 18.8 Å². The summed E-state index contributed by atoms with van der Waals surface area (Å²) in [5.74, 6) is -3.06. The highest BCUT2D eigenvalue weighted by Gasteiger charge is 2.25. The van der Waals surface area contributed by atoms with Crippen molar-refractivity contribution in [2.24, 2.45) is 0 Å². The number of benzene rings is 1. The molecule has 1 heterocycles. The summed E-state index contributed by atoms with van der Waals surface area (Å²) in [5, 5.41) is 2.48. The summed E-state index contributed by atoms with van der Waals surface area (Å²) < 4.78 is 40.2. The van der Waals surface area contributed by atoms with Gasteiger partial charge in [0.1, 0.15) is 16.7 Å². The van der Waals surface area contributed by atoms with Gasteiger partial charge < -0.3 is 5.32 Å². The van der Waals surface area contributed by atoms with E-state index in [-0.39, 0.29) is 11.5 Å². The van der Waals surface area contributed by atoms with Crippen molar-refractivity contribution in [1.82, 2.24) is 5.32 Å². The van der Waals surface area contributed by atoms with Crippen molar-refractivity contribution in [1.29, 1.82) is 0 Å². The summed E-state index contributed by atoms with van der Waals surface area (Å²) in [7, 11) is 0. The average Bonchev–Trinajstić information content (AvgIpc) is 2.28. The van der Waals surface area contributed by atoms with Gasteiger partial charge in [-0.3, -0.25) is 0 Å². The molecule has 1 aliphatic rings. The van der Waals surface area contributed by atoms with E-state index in [4.69, 9.17) is 11.6 Å². The first-order chi connectivity index (χ1) is 7.61. The van der Waals surface area contributed by atoms with Gasteiger partial charge >= 0.3 is 0 Å². The molecule has 5 heteroatoms. The zero-order chi connectivity index (χ0) is 11.7. The minimum absolute atomic E-state index is 0.0760. The lowest BCUT2D eigenvalue weighted by Gasteiger charge is -2.24. The summed E-state index contributed by atoms with van der Waals surface area (Å²) in [4.78, 5) is 0. The van der Waals surface area contributed by atoms with Crippen molar-refractivity contribution in [3.8, 4) is 0 Å². The molecule has 1 saturated heterocycles.